The minimum Gasteiger partial charge on any atom is -0.488 e. The predicted octanol–water partition coefficient (Wildman–Crippen LogP) is 6.54. The van der Waals surface area contributed by atoms with Gasteiger partial charge in [0.2, 0.25) is 47.3 Å². The van der Waals surface area contributed by atoms with E-state index in [2.05, 4.69) is 37.2 Å². The Kier molecular flexibility index (Phi) is 26.9. The van der Waals surface area contributed by atoms with Crippen LogP contribution in [0.2, 0.25) is 0 Å². The molecule has 8 N–H and O–H groups in total. The van der Waals surface area contributed by atoms with E-state index in [1.165, 1.54) is 18.9 Å². The van der Waals surface area contributed by atoms with Gasteiger partial charge in [0.25, 0.3) is 0 Å². The van der Waals surface area contributed by atoms with Crippen molar-refractivity contribution in [2.75, 3.05) is 13.7 Å². The maximum Gasteiger partial charge on any atom is 0.329 e. The highest BCUT2D eigenvalue weighted by Gasteiger charge is 2.43. The van der Waals surface area contributed by atoms with E-state index in [0.717, 1.165) is 16.7 Å². The lowest BCUT2D eigenvalue weighted by Crippen LogP contribution is -2.62. The number of carbonyl (C=O) groups is 9. The van der Waals surface area contributed by atoms with Gasteiger partial charge >= 0.3 is 5.97 Å². The smallest absolute Gasteiger partial charge is 0.329 e. The Bertz CT molecular complexity index is 2900. The average Bonchev–Trinajstić information content (AvgIpc) is 0.936. The van der Waals surface area contributed by atoms with Crippen molar-refractivity contribution in [3.8, 4) is 5.75 Å². The molecule has 0 saturated carbocycles. The Morgan fingerprint density at radius 1 is 0.663 bits per heavy atom. The first-order chi connectivity index (χ1) is 42.1. The van der Waals surface area contributed by atoms with Gasteiger partial charge in [0.15, 0.2) is 0 Å². The predicted molar refractivity (Wildman–Crippen MR) is 340 cm³/mol. The standard InChI is InChI=1S/C69H96N8O12/c1-14-44(7)57-66(86)77(13)55(41-47-33-35-51(36-34-47)89-68(10,11)12)64(84)74-58(45(8)15-2)67(87)88-46(9)59(65(85)72-54(40-42(3)4)63(83)71-52(32-25-39-78)61(81)73-57)75-62(82)53(70-60(80)43(5)6)37-38-56(79)76-69(48-26-19-16-20-27-48,49-28-21-17-22-29-49)50-30-23-18-24-31-50/h16-24,26-31,33-36,42-46,52-55,57-59,78H,14-15,25,32,37-41H2,1-13H3,(H,70,80)(H,71,83)(H,72,85)(H,73,81)(H,74,84)(H,75,82)(H,76,79)/t44-,45-,46+,52-,53-,54-,55-,57-,58-,59-/m0/s1. The minimum absolute atomic E-state index is 0.00793. The fourth-order valence-corrected chi connectivity index (χ4v) is 10.6. The molecular formula is C69H96N8O12. The zero-order chi connectivity index (χ0) is 65.8. The van der Waals surface area contributed by atoms with Gasteiger partial charge in [-0.2, -0.15) is 0 Å². The zero-order valence-corrected chi connectivity index (χ0v) is 54.1. The van der Waals surface area contributed by atoms with Crippen molar-refractivity contribution in [1.29, 1.82) is 0 Å². The van der Waals surface area contributed by atoms with Crippen molar-refractivity contribution < 1.29 is 57.7 Å². The lowest BCUT2D eigenvalue weighted by Gasteiger charge is -2.37. The molecule has 1 heterocycles. The summed E-state index contributed by atoms with van der Waals surface area (Å²) in [5, 5.41) is 30.0. The SMILES string of the molecule is CC[C@H](C)[C@@H]1NC(=O)[C@H](Cc2ccc(OC(C)(C)C)cc2)N(C)C(=O)[C@H]([C@@H](C)CC)NC(=O)[C@H](CCCO)NC(=O)[C@H](CC(C)C)NC(=O)[C@@H](NC(=O)[C@H](CCC(=O)NC(c2ccccc2)(c2ccccc2)c2ccccc2)NC(=O)C(C)C)[C@@H](C)OC1=O. The molecule has 1 aliphatic rings. The number of esters is 1. The minimum atomic E-state index is -1.80. The summed E-state index contributed by atoms with van der Waals surface area (Å²) in [4.78, 5) is 134. The van der Waals surface area contributed by atoms with Crippen LogP contribution in [0.4, 0.5) is 0 Å². The van der Waals surface area contributed by atoms with E-state index >= 15 is 14.4 Å². The number of hydrogen-bond acceptors (Lipinski definition) is 12. The molecule has 1 aliphatic heterocycles. The van der Waals surface area contributed by atoms with Gasteiger partial charge in [0.05, 0.1) is 0 Å². The van der Waals surface area contributed by atoms with Crippen molar-refractivity contribution in [3.05, 3.63) is 138 Å². The van der Waals surface area contributed by atoms with E-state index in [0.29, 0.717) is 24.2 Å². The second-order valence-corrected chi connectivity index (χ2v) is 25.2. The quantitative estimate of drug-likeness (QED) is 0.0290. The monoisotopic (exact) mass is 1230 g/mol. The fourth-order valence-electron chi connectivity index (χ4n) is 10.6. The number of cyclic esters (lactones) is 1. The summed E-state index contributed by atoms with van der Waals surface area (Å²) in [7, 11) is 1.44. The second kappa shape index (κ2) is 33.5. The first-order valence-corrected chi connectivity index (χ1v) is 31.3. The molecule has 0 aliphatic carbocycles. The number of nitrogens with one attached hydrogen (secondary N) is 7. The van der Waals surface area contributed by atoms with E-state index in [1.54, 1.807) is 72.7 Å². The van der Waals surface area contributed by atoms with Crippen molar-refractivity contribution in [3.63, 3.8) is 0 Å². The molecule has 0 spiro atoms. The summed E-state index contributed by atoms with van der Waals surface area (Å²) in [6.45, 7) is 20.7. The number of carbonyl (C=O) groups excluding carboxylic acids is 9. The zero-order valence-electron chi connectivity index (χ0n) is 54.1. The number of nitrogens with zero attached hydrogens (tertiary/aromatic N) is 1. The van der Waals surface area contributed by atoms with Crippen molar-refractivity contribution in [2.45, 2.75) is 194 Å². The molecule has 5 rings (SSSR count). The number of rotatable bonds is 23. The number of hydrogen-bond donors (Lipinski definition) is 8. The first-order valence-electron chi connectivity index (χ1n) is 31.3. The Morgan fingerprint density at radius 3 is 1.66 bits per heavy atom. The first kappa shape index (κ1) is 71.6. The van der Waals surface area contributed by atoms with Crippen molar-refractivity contribution in [1.82, 2.24) is 42.1 Å². The number of likely N-dealkylation sites (N-methyl/N-ethyl adjacent to an activating group) is 1. The van der Waals surface area contributed by atoms with Crippen LogP contribution in [0.25, 0.3) is 0 Å². The molecule has 1 fully saturated rings. The highest BCUT2D eigenvalue weighted by atomic mass is 16.5. The van der Waals surface area contributed by atoms with Gasteiger partial charge in [-0.1, -0.05) is 171 Å². The summed E-state index contributed by atoms with van der Waals surface area (Å²) in [6, 6.07) is 25.4. The van der Waals surface area contributed by atoms with Crippen LogP contribution in [-0.2, 0) is 59.8 Å². The van der Waals surface area contributed by atoms with Gasteiger partial charge in [-0.15, -0.1) is 0 Å². The van der Waals surface area contributed by atoms with Gasteiger partial charge < -0.3 is 56.7 Å². The topological polar surface area (TPSA) is 280 Å². The Hall–Kier alpha value is -8.13. The number of benzene rings is 4. The van der Waals surface area contributed by atoms with E-state index in [9.17, 15) is 33.9 Å². The number of aliphatic hydroxyl groups excluding tert-OH is 1. The van der Waals surface area contributed by atoms with Crippen molar-refractivity contribution in [2.24, 2.45) is 23.7 Å². The molecular weight excluding hydrogens is 1130 g/mol. The molecule has 1 saturated heterocycles. The molecule has 484 valence electrons. The van der Waals surface area contributed by atoms with Crippen LogP contribution in [0.1, 0.15) is 150 Å². The molecule has 20 nitrogen and oxygen atoms in total. The number of amides is 8. The van der Waals surface area contributed by atoms with Crippen LogP contribution < -0.4 is 42.0 Å². The highest BCUT2D eigenvalue weighted by Crippen LogP contribution is 2.37. The van der Waals surface area contributed by atoms with Crippen LogP contribution in [-0.4, -0.2) is 131 Å². The third kappa shape index (κ3) is 20.2. The van der Waals surface area contributed by atoms with Gasteiger partial charge in [-0.25, -0.2) is 4.79 Å². The summed E-state index contributed by atoms with van der Waals surface area (Å²) in [5.74, 6) is -8.34. The maximum absolute atomic E-state index is 15.1. The van der Waals surface area contributed by atoms with Crippen LogP contribution in [0.15, 0.2) is 115 Å². The Labute approximate surface area is 525 Å². The van der Waals surface area contributed by atoms with Gasteiger partial charge in [-0.3, -0.25) is 38.4 Å². The summed E-state index contributed by atoms with van der Waals surface area (Å²) in [5.41, 5.74) is 1.14. The molecule has 0 bridgehead atoms. The van der Waals surface area contributed by atoms with Gasteiger partial charge in [0, 0.05) is 32.4 Å². The summed E-state index contributed by atoms with van der Waals surface area (Å²) >= 11 is 0. The average molecular weight is 1230 g/mol. The van der Waals surface area contributed by atoms with E-state index < -0.39 is 131 Å². The molecule has 10 atom stereocenters. The van der Waals surface area contributed by atoms with Gasteiger partial charge in [-0.05, 0) is 106 Å². The van der Waals surface area contributed by atoms with E-state index in [1.807, 2.05) is 119 Å². The lowest BCUT2D eigenvalue weighted by atomic mass is 9.77. The lowest BCUT2D eigenvalue weighted by molar-refractivity contribution is -0.158. The molecule has 0 aromatic heterocycles. The van der Waals surface area contributed by atoms with Crippen LogP contribution in [0, 0.1) is 23.7 Å². The Morgan fingerprint density at radius 2 is 1.17 bits per heavy atom. The van der Waals surface area contributed by atoms with Gasteiger partial charge in [0.1, 0.15) is 65.3 Å². The maximum atomic E-state index is 15.1. The largest absolute Gasteiger partial charge is 0.488 e. The fraction of sp³-hybridized carbons (Fsp3) is 0.522. The molecule has 20 heteroatoms. The third-order valence-corrected chi connectivity index (χ3v) is 16.2. The molecule has 8 amide bonds. The second-order valence-electron chi connectivity index (χ2n) is 25.2. The van der Waals surface area contributed by atoms with Crippen LogP contribution >= 0.6 is 0 Å². The van der Waals surface area contributed by atoms with Crippen molar-refractivity contribution >= 4 is 53.2 Å². The number of ether oxygens (including phenoxy) is 2. The molecule has 0 radical (unpaired) electrons. The molecule has 89 heavy (non-hydrogen) atoms. The third-order valence-electron chi connectivity index (χ3n) is 16.2. The molecule has 0 unspecified atom stereocenters. The molecule has 4 aromatic carbocycles. The highest BCUT2D eigenvalue weighted by molar-refractivity contribution is 5.98. The van der Waals surface area contributed by atoms with E-state index in [-0.39, 0.29) is 51.0 Å². The summed E-state index contributed by atoms with van der Waals surface area (Å²) in [6.07, 6.45) is -1.49. The van der Waals surface area contributed by atoms with E-state index in [4.69, 9.17) is 9.47 Å². The number of aliphatic hydroxyl groups is 1. The summed E-state index contributed by atoms with van der Waals surface area (Å²) < 4.78 is 12.2. The Balaban J connectivity index is 1.60. The van der Waals surface area contributed by atoms with Crippen LogP contribution in [0.5, 0.6) is 5.75 Å². The van der Waals surface area contributed by atoms with Crippen LogP contribution in [0.3, 0.4) is 0 Å². The normalized spacial score (nSPS) is 21.3. The molecule has 4 aromatic rings.